The molecule has 1 aromatic carbocycles. The molecule has 1 fully saturated rings. The second-order valence-corrected chi connectivity index (χ2v) is 6.34. The summed E-state index contributed by atoms with van der Waals surface area (Å²) in [6, 6.07) is 10.1. The van der Waals surface area contributed by atoms with Gasteiger partial charge >= 0.3 is 6.03 Å². The molecule has 2 aromatic rings. The van der Waals surface area contributed by atoms with Crippen LogP contribution in [0.1, 0.15) is 37.3 Å². The summed E-state index contributed by atoms with van der Waals surface area (Å²) in [5, 5.41) is 7.23. The molecule has 0 radical (unpaired) electrons. The van der Waals surface area contributed by atoms with Gasteiger partial charge in [0, 0.05) is 32.0 Å². The van der Waals surface area contributed by atoms with Gasteiger partial charge in [-0.1, -0.05) is 12.1 Å². The van der Waals surface area contributed by atoms with Crippen LogP contribution in [-0.4, -0.2) is 40.9 Å². The van der Waals surface area contributed by atoms with E-state index >= 15 is 0 Å². The maximum Gasteiger partial charge on any atom is 0.317 e. The number of ether oxygens (including phenoxy) is 1. The van der Waals surface area contributed by atoms with E-state index in [0.29, 0.717) is 6.54 Å². The molecule has 6 heteroatoms. The number of rotatable bonds is 6. The quantitative estimate of drug-likeness (QED) is 0.820. The SMILES string of the molecule is COc1cccc(C2CCCCN2C(=O)NCCCn2cccn2)c1. The van der Waals surface area contributed by atoms with E-state index in [1.54, 1.807) is 13.3 Å². The number of carbonyl (C=O) groups is 1. The molecule has 1 atom stereocenters. The fourth-order valence-electron chi connectivity index (χ4n) is 3.34. The summed E-state index contributed by atoms with van der Waals surface area (Å²) in [4.78, 5) is 14.6. The fourth-order valence-corrected chi connectivity index (χ4v) is 3.34. The Morgan fingerprint density at radius 1 is 1.36 bits per heavy atom. The zero-order chi connectivity index (χ0) is 17.5. The molecule has 2 heterocycles. The van der Waals surface area contributed by atoms with E-state index in [2.05, 4.69) is 16.5 Å². The molecular weight excluding hydrogens is 316 g/mol. The average molecular weight is 342 g/mol. The number of amides is 2. The van der Waals surface area contributed by atoms with Gasteiger partial charge in [-0.05, 0) is 49.4 Å². The number of nitrogens with zero attached hydrogens (tertiary/aromatic N) is 3. The molecule has 0 spiro atoms. The first-order valence-electron chi connectivity index (χ1n) is 8.94. The second-order valence-electron chi connectivity index (χ2n) is 6.34. The summed E-state index contributed by atoms with van der Waals surface area (Å²) in [7, 11) is 1.67. The number of benzene rings is 1. The van der Waals surface area contributed by atoms with Crippen molar-refractivity contribution in [2.45, 2.75) is 38.3 Å². The number of aryl methyl sites for hydroxylation is 1. The largest absolute Gasteiger partial charge is 0.497 e. The number of likely N-dealkylation sites (tertiary alicyclic amines) is 1. The summed E-state index contributed by atoms with van der Waals surface area (Å²) in [6.45, 7) is 2.26. The number of hydrogen-bond donors (Lipinski definition) is 1. The number of aromatic nitrogens is 2. The minimum Gasteiger partial charge on any atom is -0.497 e. The molecule has 1 saturated heterocycles. The van der Waals surface area contributed by atoms with Crippen LogP contribution < -0.4 is 10.1 Å². The summed E-state index contributed by atoms with van der Waals surface area (Å²) >= 11 is 0. The van der Waals surface area contributed by atoms with Crippen LogP contribution in [0.2, 0.25) is 0 Å². The van der Waals surface area contributed by atoms with Crippen molar-refractivity contribution < 1.29 is 9.53 Å². The van der Waals surface area contributed by atoms with Crippen LogP contribution in [0, 0.1) is 0 Å². The van der Waals surface area contributed by atoms with Crippen molar-refractivity contribution in [1.82, 2.24) is 20.0 Å². The highest BCUT2D eigenvalue weighted by Gasteiger charge is 2.27. The van der Waals surface area contributed by atoms with E-state index in [9.17, 15) is 4.79 Å². The molecule has 1 aliphatic rings. The van der Waals surface area contributed by atoms with Crippen molar-refractivity contribution in [2.75, 3.05) is 20.2 Å². The molecule has 25 heavy (non-hydrogen) atoms. The molecule has 1 aliphatic heterocycles. The molecule has 1 aromatic heterocycles. The normalized spacial score (nSPS) is 17.3. The molecule has 1 unspecified atom stereocenters. The van der Waals surface area contributed by atoms with Crippen molar-refractivity contribution in [3.63, 3.8) is 0 Å². The fraction of sp³-hybridized carbons (Fsp3) is 0.474. The maximum absolute atomic E-state index is 12.7. The molecule has 3 rings (SSSR count). The number of methoxy groups -OCH3 is 1. The van der Waals surface area contributed by atoms with Crippen LogP contribution in [-0.2, 0) is 6.54 Å². The molecule has 0 aliphatic carbocycles. The van der Waals surface area contributed by atoms with Gasteiger partial charge in [0.2, 0.25) is 0 Å². The Morgan fingerprint density at radius 3 is 3.08 bits per heavy atom. The maximum atomic E-state index is 12.7. The number of carbonyl (C=O) groups excluding carboxylic acids is 1. The third-order valence-electron chi connectivity index (χ3n) is 4.64. The Balaban J connectivity index is 1.56. The summed E-state index contributed by atoms with van der Waals surface area (Å²) in [6.07, 6.45) is 7.77. The van der Waals surface area contributed by atoms with Crippen LogP contribution in [0.4, 0.5) is 4.79 Å². The lowest BCUT2D eigenvalue weighted by atomic mass is 9.95. The zero-order valence-corrected chi connectivity index (χ0v) is 14.7. The van der Waals surface area contributed by atoms with E-state index in [4.69, 9.17) is 4.74 Å². The minimum absolute atomic E-state index is 0.0213. The van der Waals surface area contributed by atoms with Gasteiger partial charge in [-0.2, -0.15) is 5.10 Å². The number of urea groups is 1. The van der Waals surface area contributed by atoms with Gasteiger partial charge in [0.05, 0.1) is 13.2 Å². The Hall–Kier alpha value is -2.50. The summed E-state index contributed by atoms with van der Waals surface area (Å²) < 4.78 is 7.21. The predicted octanol–water partition coefficient (Wildman–Crippen LogP) is 3.22. The van der Waals surface area contributed by atoms with Gasteiger partial charge in [-0.3, -0.25) is 4.68 Å². The van der Waals surface area contributed by atoms with Gasteiger partial charge in [-0.25, -0.2) is 4.79 Å². The Bertz CT molecular complexity index is 672. The van der Waals surface area contributed by atoms with Crippen molar-refractivity contribution >= 4 is 6.03 Å². The predicted molar refractivity (Wildman–Crippen MR) is 96.5 cm³/mol. The molecule has 0 bridgehead atoms. The summed E-state index contributed by atoms with van der Waals surface area (Å²) in [5.41, 5.74) is 1.14. The van der Waals surface area contributed by atoms with E-state index < -0.39 is 0 Å². The molecule has 0 saturated carbocycles. The van der Waals surface area contributed by atoms with Gasteiger partial charge in [-0.15, -0.1) is 0 Å². The molecule has 134 valence electrons. The first kappa shape index (κ1) is 17.3. The highest BCUT2D eigenvalue weighted by molar-refractivity contribution is 5.74. The summed E-state index contributed by atoms with van der Waals surface area (Å²) in [5.74, 6) is 0.836. The standard InChI is InChI=1S/C19H26N4O2/c1-25-17-8-4-7-16(15-17)18-9-2-3-14-23(18)19(24)20-10-5-12-22-13-6-11-21-22/h4,6-8,11,13,15,18H,2-3,5,9-10,12,14H2,1H3,(H,20,24). The number of nitrogens with one attached hydrogen (secondary N) is 1. The van der Waals surface area contributed by atoms with Gasteiger partial charge < -0.3 is 15.0 Å². The van der Waals surface area contributed by atoms with Gasteiger partial charge in [0.1, 0.15) is 5.75 Å². The van der Waals surface area contributed by atoms with Gasteiger partial charge in [0.15, 0.2) is 0 Å². The van der Waals surface area contributed by atoms with E-state index in [1.165, 1.54) is 0 Å². The third kappa shape index (κ3) is 4.53. The molecule has 2 amide bonds. The van der Waals surface area contributed by atoms with Crippen LogP contribution in [0.15, 0.2) is 42.7 Å². The topological polar surface area (TPSA) is 59.4 Å². The number of piperidine rings is 1. The van der Waals surface area contributed by atoms with Gasteiger partial charge in [0.25, 0.3) is 0 Å². The minimum atomic E-state index is 0.0213. The van der Waals surface area contributed by atoms with E-state index in [-0.39, 0.29) is 12.1 Å². The first-order chi connectivity index (χ1) is 12.3. The van der Waals surface area contributed by atoms with Crippen LogP contribution in [0.3, 0.4) is 0 Å². The van der Waals surface area contributed by atoms with Crippen molar-refractivity contribution in [3.8, 4) is 5.75 Å². The van der Waals surface area contributed by atoms with Crippen LogP contribution in [0.25, 0.3) is 0 Å². The highest BCUT2D eigenvalue weighted by atomic mass is 16.5. The van der Waals surface area contributed by atoms with E-state index in [1.807, 2.05) is 40.0 Å². The Labute approximate surface area is 148 Å². The average Bonchev–Trinajstić information content (AvgIpc) is 3.18. The molecule has 1 N–H and O–H groups in total. The monoisotopic (exact) mass is 342 g/mol. The zero-order valence-electron chi connectivity index (χ0n) is 14.7. The second kappa shape index (κ2) is 8.55. The van der Waals surface area contributed by atoms with E-state index in [0.717, 1.165) is 50.1 Å². The Kier molecular flexibility index (Phi) is 5.93. The van der Waals surface area contributed by atoms with Crippen LogP contribution in [0.5, 0.6) is 5.75 Å². The highest BCUT2D eigenvalue weighted by Crippen LogP contribution is 2.32. The molecule has 6 nitrogen and oxygen atoms in total. The van der Waals surface area contributed by atoms with Crippen molar-refractivity contribution in [3.05, 3.63) is 48.3 Å². The van der Waals surface area contributed by atoms with Crippen molar-refractivity contribution in [1.29, 1.82) is 0 Å². The smallest absolute Gasteiger partial charge is 0.317 e. The number of hydrogen-bond acceptors (Lipinski definition) is 3. The lowest BCUT2D eigenvalue weighted by Crippen LogP contribution is -2.45. The lowest BCUT2D eigenvalue weighted by Gasteiger charge is -2.36. The van der Waals surface area contributed by atoms with Crippen LogP contribution >= 0.6 is 0 Å². The Morgan fingerprint density at radius 2 is 2.28 bits per heavy atom. The third-order valence-corrected chi connectivity index (χ3v) is 4.64. The van der Waals surface area contributed by atoms with Crippen molar-refractivity contribution in [2.24, 2.45) is 0 Å². The lowest BCUT2D eigenvalue weighted by molar-refractivity contribution is 0.151. The molecular formula is C19H26N4O2. The first-order valence-corrected chi connectivity index (χ1v) is 8.94.